The molecule has 0 unspecified atom stereocenters. The van der Waals surface area contributed by atoms with Gasteiger partial charge in [0.1, 0.15) is 19.7 Å². The number of hydrogen-bond acceptors (Lipinski definition) is 6. The normalized spacial score (nSPS) is 12.2. The molecular weight excluding hydrogens is 322 g/mol. The predicted molar refractivity (Wildman–Crippen MR) is 79.6 cm³/mol. The summed E-state index contributed by atoms with van der Waals surface area (Å²) in [6.07, 6.45) is 2.45. The fourth-order valence-corrected chi connectivity index (χ4v) is 3.12. The van der Waals surface area contributed by atoms with Gasteiger partial charge in [-0.1, -0.05) is 12.2 Å². The molecular formula is C10H15N3O4S3. The highest BCUT2D eigenvalue weighted by atomic mass is 32.2. The molecule has 1 heterocycles. The minimum absolute atomic E-state index is 0.0307. The van der Waals surface area contributed by atoms with Gasteiger partial charge in [0.05, 0.1) is 11.4 Å². The number of nitrogens with zero attached hydrogens (tertiary/aromatic N) is 1. The highest BCUT2D eigenvalue weighted by Crippen LogP contribution is 2.07. The van der Waals surface area contributed by atoms with Crippen molar-refractivity contribution in [3.05, 3.63) is 24.0 Å². The smallest absolute Gasteiger partial charge is 0.242 e. The van der Waals surface area contributed by atoms with E-state index < -0.39 is 19.9 Å². The van der Waals surface area contributed by atoms with Crippen molar-refractivity contribution >= 4 is 37.1 Å². The SMILES string of the molecule is CS(=O)(=O)CCCNS(=O)(=O)c1ccc(C(N)=S)nc1. The first-order valence-corrected chi connectivity index (χ1v) is 9.50. The van der Waals surface area contributed by atoms with E-state index in [1.165, 1.54) is 12.1 Å². The zero-order chi connectivity index (χ0) is 15.4. The number of aromatic nitrogens is 1. The highest BCUT2D eigenvalue weighted by Gasteiger charge is 2.14. The van der Waals surface area contributed by atoms with E-state index in [0.29, 0.717) is 5.69 Å². The van der Waals surface area contributed by atoms with Gasteiger partial charge in [-0.25, -0.2) is 21.6 Å². The Kier molecular flexibility index (Phi) is 5.57. The average molecular weight is 337 g/mol. The van der Waals surface area contributed by atoms with Crippen LogP contribution >= 0.6 is 12.2 Å². The topological polar surface area (TPSA) is 119 Å². The lowest BCUT2D eigenvalue weighted by atomic mass is 10.3. The van der Waals surface area contributed by atoms with Gasteiger partial charge in [0, 0.05) is 19.0 Å². The summed E-state index contributed by atoms with van der Waals surface area (Å²) < 4.78 is 47.9. The van der Waals surface area contributed by atoms with Crippen LogP contribution in [0.25, 0.3) is 0 Å². The first-order valence-electron chi connectivity index (χ1n) is 5.55. The Morgan fingerprint density at radius 1 is 1.35 bits per heavy atom. The van der Waals surface area contributed by atoms with E-state index in [-0.39, 0.29) is 28.6 Å². The Bertz CT molecular complexity index is 681. The number of rotatable bonds is 7. The van der Waals surface area contributed by atoms with Crippen molar-refractivity contribution in [2.75, 3.05) is 18.6 Å². The van der Waals surface area contributed by atoms with Crippen LogP contribution in [0.2, 0.25) is 0 Å². The number of thiocarbonyl (C=S) groups is 1. The molecule has 0 aliphatic carbocycles. The molecule has 0 atom stereocenters. The molecule has 0 aromatic carbocycles. The van der Waals surface area contributed by atoms with Gasteiger partial charge in [-0.05, 0) is 18.6 Å². The maximum atomic E-state index is 11.9. The summed E-state index contributed by atoms with van der Waals surface area (Å²) in [6.45, 7) is 0.0342. The second-order valence-corrected chi connectivity index (χ2v) is 8.59. The van der Waals surface area contributed by atoms with Crippen LogP contribution in [-0.4, -0.2) is 45.4 Å². The standard InChI is InChI=1S/C10H15N3O4S3/c1-19(14,15)6-2-5-13-20(16,17)8-3-4-9(10(11)18)12-7-8/h3-4,7,13H,2,5-6H2,1H3,(H2,11,18). The Hall–Kier alpha value is -1.10. The molecule has 0 aliphatic rings. The lowest BCUT2D eigenvalue weighted by molar-refractivity contribution is 0.577. The molecule has 1 rings (SSSR count). The quantitative estimate of drug-likeness (QED) is 0.505. The summed E-state index contributed by atoms with van der Waals surface area (Å²) in [6, 6.07) is 2.74. The van der Waals surface area contributed by atoms with Crippen molar-refractivity contribution in [2.24, 2.45) is 5.73 Å². The molecule has 3 N–H and O–H groups in total. The summed E-state index contributed by atoms with van der Waals surface area (Å²) in [5.74, 6) is -0.0752. The van der Waals surface area contributed by atoms with Gasteiger partial charge in [0.25, 0.3) is 0 Å². The first-order chi connectivity index (χ1) is 9.12. The van der Waals surface area contributed by atoms with Crippen LogP contribution < -0.4 is 10.5 Å². The second-order valence-electron chi connectivity index (χ2n) is 4.12. The van der Waals surface area contributed by atoms with Crippen molar-refractivity contribution in [1.82, 2.24) is 9.71 Å². The molecule has 0 amide bonds. The van der Waals surface area contributed by atoms with E-state index in [9.17, 15) is 16.8 Å². The van der Waals surface area contributed by atoms with Crippen LogP contribution in [0.5, 0.6) is 0 Å². The van der Waals surface area contributed by atoms with E-state index in [1.54, 1.807) is 0 Å². The Morgan fingerprint density at radius 2 is 2.00 bits per heavy atom. The lowest BCUT2D eigenvalue weighted by Crippen LogP contribution is -2.26. The van der Waals surface area contributed by atoms with Crippen LogP contribution in [-0.2, 0) is 19.9 Å². The second kappa shape index (κ2) is 6.57. The van der Waals surface area contributed by atoms with Crippen LogP contribution in [0.3, 0.4) is 0 Å². The van der Waals surface area contributed by atoms with Crippen molar-refractivity contribution in [2.45, 2.75) is 11.3 Å². The lowest BCUT2D eigenvalue weighted by Gasteiger charge is -2.06. The van der Waals surface area contributed by atoms with Gasteiger partial charge in [-0.3, -0.25) is 4.98 Å². The van der Waals surface area contributed by atoms with Crippen molar-refractivity contribution in [3.63, 3.8) is 0 Å². The van der Waals surface area contributed by atoms with E-state index in [4.69, 9.17) is 18.0 Å². The number of sulfone groups is 1. The van der Waals surface area contributed by atoms with Gasteiger partial charge in [-0.15, -0.1) is 0 Å². The summed E-state index contributed by atoms with van der Waals surface area (Å²) in [7, 11) is -6.81. The number of sulfonamides is 1. The Balaban J connectivity index is 2.67. The summed E-state index contributed by atoms with van der Waals surface area (Å²) in [4.78, 5) is 3.88. The van der Waals surface area contributed by atoms with Crippen molar-refractivity contribution in [3.8, 4) is 0 Å². The maximum absolute atomic E-state index is 11.9. The van der Waals surface area contributed by atoms with Gasteiger partial charge in [0.2, 0.25) is 10.0 Å². The van der Waals surface area contributed by atoms with Crippen LogP contribution in [0, 0.1) is 0 Å². The van der Waals surface area contributed by atoms with Crippen LogP contribution in [0.1, 0.15) is 12.1 Å². The third-order valence-electron chi connectivity index (χ3n) is 2.28. The molecule has 7 nitrogen and oxygen atoms in total. The molecule has 1 aromatic heterocycles. The number of nitrogens with one attached hydrogen (secondary N) is 1. The predicted octanol–water partition coefficient (Wildman–Crippen LogP) is -0.571. The fraction of sp³-hybridized carbons (Fsp3) is 0.400. The number of hydrogen-bond donors (Lipinski definition) is 2. The maximum Gasteiger partial charge on any atom is 0.242 e. The molecule has 1 aromatic rings. The number of nitrogens with two attached hydrogens (primary N) is 1. The minimum atomic E-state index is -3.71. The Labute approximate surface area is 123 Å². The molecule has 10 heteroatoms. The van der Waals surface area contributed by atoms with Crippen LogP contribution in [0.15, 0.2) is 23.2 Å². The molecule has 0 radical (unpaired) electrons. The van der Waals surface area contributed by atoms with Gasteiger partial charge in [-0.2, -0.15) is 0 Å². The van der Waals surface area contributed by atoms with Gasteiger partial charge >= 0.3 is 0 Å². The van der Waals surface area contributed by atoms with E-state index in [2.05, 4.69) is 9.71 Å². The van der Waals surface area contributed by atoms with E-state index in [1.807, 2.05) is 0 Å². The van der Waals surface area contributed by atoms with E-state index in [0.717, 1.165) is 12.5 Å². The first kappa shape index (κ1) is 17.0. The summed E-state index contributed by atoms with van der Waals surface area (Å²) in [5, 5.41) is 0. The molecule has 0 saturated carbocycles. The third-order valence-corrected chi connectivity index (χ3v) is 4.97. The van der Waals surface area contributed by atoms with Crippen molar-refractivity contribution < 1.29 is 16.8 Å². The van der Waals surface area contributed by atoms with E-state index >= 15 is 0 Å². The molecule has 112 valence electrons. The highest BCUT2D eigenvalue weighted by molar-refractivity contribution is 7.90. The summed E-state index contributed by atoms with van der Waals surface area (Å²) in [5.41, 5.74) is 5.69. The molecule has 0 aliphatic heterocycles. The molecule has 0 fully saturated rings. The third kappa shape index (κ3) is 5.49. The molecule has 20 heavy (non-hydrogen) atoms. The van der Waals surface area contributed by atoms with Crippen molar-refractivity contribution in [1.29, 1.82) is 0 Å². The fourth-order valence-electron chi connectivity index (χ4n) is 1.31. The summed E-state index contributed by atoms with van der Waals surface area (Å²) >= 11 is 4.71. The number of pyridine rings is 1. The molecule has 0 bridgehead atoms. The van der Waals surface area contributed by atoms with Crippen LogP contribution in [0.4, 0.5) is 0 Å². The zero-order valence-corrected chi connectivity index (χ0v) is 13.2. The molecule has 0 spiro atoms. The Morgan fingerprint density at radius 3 is 2.45 bits per heavy atom. The minimum Gasteiger partial charge on any atom is -0.388 e. The van der Waals surface area contributed by atoms with Gasteiger partial charge in [0.15, 0.2) is 0 Å². The monoisotopic (exact) mass is 337 g/mol. The average Bonchev–Trinajstić information content (AvgIpc) is 2.34. The zero-order valence-electron chi connectivity index (χ0n) is 10.7. The largest absolute Gasteiger partial charge is 0.388 e. The molecule has 0 saturated heterocycles. The van der Waals surface area contributed by atoms with Gasteiger partial charge < -0.3 is 5.73 Å².